The number of halogens is 2. The molecule has 0 unspecified atom stereocenters. The molecule has 0 aliphatic carbocycles. The molecule has 6 nitrogen and oxygen atoms in total. The smallest absolute Gasteiger partial charge is 0.242 e. The van der Waals surface area contributed by atoms with Gasteiger partial charge in [-0.25, -0.2) is 13.1 Å². The highest BCUT2D eigenvalue weighted by Crippen LogP contribution is 2.28. The first-order chi connectivity index (χ1) is 9.83. The third-order valence-corrected chi connectivity index (χ3v) is 4.94. The van der Waals surface area contributed by atoms with Gasteiger partial charge in [-0.2, -0.15) is 0 Å². The van der Waals surface area contributed by atoms with Gasteiger partial charge in [0.1, 0.15) is 4.90 Å². The Hall–Kier alpha value is -1.12. The topological polar surface area (TPSA) is 98.2 Å². The lowest BCUT2D eigenvalue weighted by atomic mass is 10.2. The summed E-state index contributed by atoms with van der Waals surface area (Å²) in [6.45, 7) is 1.82. The summed E-state index contributed by atoms with van der Waals surface area (Å²) in [7, 11) is -3.81. The zero-order valence-corrected chi connectivity index (χ0v) is 13.4. The SMILES string of the molecule is Cc1cc(CNS(=O)(=O)c2cc(CN)c(Cl)cc2Cl)on1. The zero-order chi connectivity index (χ0) is 15.6. The van der Waals surface area contributed by atoms with Crippen LogP contribution in [0.4, 0.5) is 0 Å². The molecule has 0 saturated carbocycles. The van der Waals surface area contributed by atoms with Crippen LogP contribution < -0.4 is 10.5 Å². The van der Waals surface area contributed by atoms with E-state index in [0.29, 0.717) is 22.0 Å². The van der Waals surface area contributed by atoms with E-state index in [1.54, 1.807) is 13.0 Å². The molecule has 0 fully saturated rings. The first-order valence-electron chi connectivity index (χ1n) is 5.93. The van der Waals surface area contributed by atoms with E-state index >= 15 is 0 Å². The molecule has 0 radical (unpaired) electrons. The molecule has 0 spiro atoms. The number of aromatic nitrogens is 1. The van der Waals surface area contributed by atoms with Gasteiger partial charge < -0.3 is 10.3 Å². The maximum Gasteiger partial charge on any atom is 0.242 e. The van der Waals surface area contributed by atoms with Gasteiger partial charge in [-0.1, -0.05) is 28.4 Å². The van der Waals surface area contributed by atoms with Crippen molar-refractivity contribution in [3.05, 3.63) is 45.3 Å². The van der Waals surface area contributed by atoms with Crippen molar-refractivity contribution in [2.24, 2.45) is 5.73 Å². The van der Waals surface area contributed by atoms with E-state index in [1.807, 2.05) is 0 Å². The van der Waals surface area contributed by atoms with Crippen molar-refractivity contribution in [3.63, 3.8) is 0 Å². The van der Waals surface area contributed by atoms with Crippen LogP contribution in [-0.2, 0) is 23.1 Å². The summed E-state index contributed by atoms with van der Waals surface area (Å²) < 4.78 is 31.9. The largest absolute Gasteiger partial charge is 0.360 e. The highest BCUT2D eigenvalue weighted by molar-refractivity contribution is 7.89. The van der Waals surface area contributed by atoms with Gasteiger partial charge in [-0.15, -0.1) is 0 Å². The minimum absolute atomic E-state index is 0.0263. The van der Waals surface area contributed by atoms with Gasteiger partial charge in [-0.05, 0) is 24.6 Å². The van der Waals surface area contributed by atoms with E-state index in [9.17, 15) is 8.42 Å². The van der Waals surface area contributed by atoms with Crippen LogP contribution in [0.5, 0.6) is 0 Å². The molecule has 0 bridgehead atoms. The first kappa shape index (κ1) is 16.3. The summed E-state index contributed by atoms with van der Waals surface area (Å²) in [4.78, 5) is -0.0785. The van der Waals surface area contributed by atoms with Crippen molar-refractivity contribution >= 4 is 33.2 Å². The number of nitrogens with zero attached hydrogens (tertiary/aromatic N) is 1. The molecule has 1 aromatic carbocycles. The minimum atomic E-state index is -3.81. The van der Waals surface area contributed by atoms with Crippen molar-refractivity contribution in [2.75, 3.05) is 0 Å². The molecular weight excluding hydrogens is 337 g/mol. The molecule has 0 saturated heterocycles. The van der Waals surface area contributed by atoms with Crippen LogP contribution in [0.3, 0.4) is 0 Å². The fourth-order valence-corrected chi connectivity index (χ4v) is 3.54. The van der Waals surface area contributed by atoms with Crippen molar-refractivity contribution in [1.82, 2.24) is 9.88 Å². The number of aryl methyl sites for hydroxylation is 1. The highest BCUT2D eigenvalue weighted by atomic mass is 35.5. The van der Waals surface area contributed by atoms with E-state index in [1.165, 1.54) is 12.1 Å². The van der Waals surface area contributed by atoms with E-state index in [-0.39, 0.29) is 23.0 Å². The normalized spacial score (nSPS) is 11.8. The van der Waals surface area contributed by atoms with E-state index in [0.717, 1.165) is 0 Å². The predicted molar refractivity (Wildman–Crippen MR) is 79.6 cm³/mol. The lowest BCUT2D eigenvalue weighted by Crippen LogP contribution is -2.23. The van der Waals surface area contributed by atoms with Crippen molar-refractivity contribution in [1.29, 1.82) is 0 Å². The zero-order valence-electron chi connectivity index (χ0n) is 11.1. The molecule has 0 aliphatic rings. The quantitative estimate of drug-likeness (QED) is 0.862. The Labute approximate surface area is 132 Å². The third kappa shape index (κ3) is 3.75. The minimum Gasteiger partial charge on any atom is -0.360 e. The molecule has 9 heteroatoms. The second-order valence-electron chi connectivity index (χ2n) is 4.34. The average molecular weight is 350 g/mol. The Kier molecular flexibility index (Phi) is 4.90. The van der Waals surface area contributed by atoms with Gasteiger partial charge >= 0.3 is 0 Å². The van der Waals surface area contributed by atoms with Crippen LogP contribution in [0.2, 0.25) is 10.0 Å². The number of benzene rings is 1. The van der Waals surface area contributed by atoms with E-state index < -0.39 is 10.0 Å². The third-order valence-electron chi connectivity index (χ3n) is 2.72. The monoisotopic (exact) mass is 349 g/mol. The van der Waals surface area contributed by atoms with Crippen molar-refractivity contribution in [2.45, 2.75) is 24.9 Å². The summed E-state index contributed by atoms with van der Waals surface area (Å²) >= 11 is 11.9. The highest BCUT2D eigenvalue weighted by Gasteiger charge is 2.20. The van der Waals surface area contributed by atoms with Crippen LogP contribution >= 0.6 is 23.2 Å². The molecule has 0 atom stereocenters. The molecule has 21 heavy (non-hydrogen) atoms. The van der Waals surface area contributed by atoms with E-state index in [2.05, 4.69) is 9.88 Å². The van der Waals surface area contributed by atoms with Gasteiger partial charge in [0.15, 0.2) is 5.76 Å². The number of hydrogen-bond acceptors (Lipinski definition) is 5. The van der Waals surface area contributed by atoms with Crippen LogP contribution in [0.25, 0.3) is 0 Å². The van der Waals surface area contributed by atoms with Crippen molar-refractivity contribution in [3.8, 4) is 0 Å². The van der Waals surface area contributed by atoms with Gasteiger partial charge in [-0.3, -0.25) is 0 Å². The van der Waals surface area contributed by atoms with Gasteiger partial charge in [0, 0.05) is 17.6 Å². The Morgan fingerprint density at radius 3 is 2.57 bits per heavy atom. The summed E-state index contributed by atoms with van der Waals surface area (Å²) in [5.74, 6) is 0.403. The molecule has 114 valence electrons. The molecule has 1 heterocycles. The summed E-state index contributed by atoms with van der Waals surface area (Å²) in [6.07, 6.45) is 0. The summed E-state index contributed by atoms with van der Waals surface area (Å²) in [5.41, 5.74) is 6.68. The Balaban J connectivity index is 2.27. The number of nitrogens with two attached hydrogens (primary N) is 1. The average Bonchev–Trinajstić information content (AvgIpc) is 2.82. The van der Waals surface area contributed by atoms with Crippen LogP contribution in [0, 0.1) is 6.92 Å². The van der Waals surface area contributed by atoms with Crippen LogP contribution in [-0.4, -0.2) is 13.6 Å². The second kappa shape index (κ2) is 6.33. The summed E-state index contributed by atoms with van der Waals surface area (Å²) in [5, 5.41) is 4.03. The Bertz CT molecular complexity index is 759. The van der Waals surface area contributed by atoms with Crippen LogP contribution in [0.15, 0.2) is 27.6 Å². The number of hydrogen-bond donors (Lipinski definition) is 2. The Morgan fingerprint density at radius 1 is 1.29 bits per heavy atom. The van der Waals surface area contributed by atoms with Crippen LogP contribution in [0.1, 0.15) is 17.0 Å². The van der Waals surface area contributed by atoms with Gasteiger partial charge in [0.2, 0.25) is 10.0 Å². The number of rotatable bonds is 5. The standard InChI is InChI=1S/C12H13Cl2N3O3S/c1-7-2-9(20-17-7)6-16-21(18,19)12-3-8(5-15)10(13)4-11(12)14/h2-4,16H,5-6,15H2,1H3. The lowest BCUT2D eigenvalue weighted by Gasteiger charge is -2.10. The van der Waals surface area contributed by atoms with Gasteiger partial charge in [0.25, 0.3) is 0 Å². The first-order valence-corrected chi connectivity index (χ1v) is 8.17. The second-order valence-corrected chi connectivity index (χ2v) is 6.89. The predicted octanol–water partition coefficient (Wildman–Crippen LogP) is 2.23. The number of nitrogens with one attached hydrogen (secondary N) is 1. The molecule has 2 rings (SSSR count). The van der Waals surface area contributed by atoms with Gasteiger partial charge in [0.05, 0.1) is 17.3 Å². The maximum atomic E-state index is 12.3. The number of sulfonamides is 1. The maximum absolute atomic E-state index is 12.3. The fraction of sp³-hybridized carbons (Fsp3) is 0.250. The molecule has 3 N–H and O–H groups in total. The summed E-state index contributed by atoms with van der Waals surface area (Å²) in [6, 6.07) is 4.36. The lowest BCUT2D eigenvalue weighted by molar-refractivity contribution is 0.377. The Morgan fingerprint density at radius 2 is 2.00 bits per heavy atom. The molecular formula is C12H13Cl2N3O3S. The molecule has 2 aromatic rings. The molecule has 1 aromatic heterocycles. The van der Waals surface area contributed by atoms with Crippen molar-refractivity contribution < 1.29 is 12.9 Å². The molecule has 0 amide bonds. The van der Waals surface area contributed by atoms with E-state index in [4.69, 9.17) is 33.5 Å². The molecule has 0 aliphatic heterocycles. The fourth-order valence-electron chi connectivity index (χ4n) is 1.68.